The number of aliphatic carboxylic acids is 1. The average Bonchev–Trinajstić information content (AvgIpc) is 2.58. The molecule has 1 aromatic rings. The summed E-state index contributed by atoms with van der Waals surface area (Å²) < 4.78 is 1.82. The van der Waals surface area contributed by atoms with Gasteiger partial charge >= 0.3 is 5.97 Å². The Morgan fingerprint density at radius 1 is 1.42 bits per heavy atom. The van der Waals surface area contributed by atoms with Crippen LogP contribution in [0.15, 0.2) is 21.2 Å². The van der Waals surface area contributed by atoms with Gasteiger partial charge in [0.15, 0.2) is 0 Å². The van der Waals surface area contributed by atoms with Gasteiger partial charge < -0.3 is 5.11 Å². The van der Waals surface area contributed by atoms with Gasteiger partial charge in [0, 0.05) is 21.7 Å². The Kier molecular flexibility index (Phi) is 5.36. The Balaban J connectivity index is 2.16. The molecule has 19 heavy (non-hydrogen) atoms. The zero-order valence-electron chi connectivity index (χ0n) is 10.5. The normalized spacial score (nSPS) is 21.1. The number of pyridine rings is 1. The summed E-state index contributed by atoms with van der Waals surface area (Å²) in [7, 11) is 0. The van der Waals surface area contributed by atoms with E-state index in [2.05, 4.69) is 36.8 Å². The summed E-state index contributed by atoms with van der Waals surface area (Å²) in [4.78, 5) is 17.8. The number of aromatic nitrogens is 1. The maximum absolute atomic E-state index is 11.4. The van der Waals surface area contributed by atoms with E-state index in [1.54, 1.807) is 6.20 Å². The van der Waals surface area contributed by atoms with Gasteiger partial charge in [-0.3, -0.25) is 14.7 Å². The number of likely N-dealkylation sites (tertiary alicyclic amines) is 1. The Labute approximate surface area is 129 Å². The molecule has 2 rings (SSSR count). The number of hydrogen-bond acceptors (Lipinski definition) is 3. The molecule has 0 radical (unpaired) electrons. The van der Waals surface area contributed by atoms with Gasteiger partial charge in [-0.1, -0.05) is 12.8 Å². The second-order valence-corrected chi connectivity index (χ2v) is 6.53. The zero-order valence-corrected chi connectivity index (χ0v) is 13.7. The molecule has 1 fully saturated rings. The number of hydrogen-bond donors (Lipinski definition) is 1. The van der Waals surface area contributed by atoms with Crippen LogP contribution in [0.5, 0.6) is 0 Å². The predicted molar refractivity (Wildman–Crippen MR) is 79.9 cm³/mol. The van der Waals surface area contributed by atoms with Gasteiger partial charge in [0.1, 0.15) is 6.04 Å². The maximum Gasteiger partial charge on any atom is 0.320 e. The van der Waals surface area contributed by atoms with Crippen LogP contribution >= 0.6 is 31.9 Å². The molecule has 0 amide bonds. The summed E-state index contributed by atoms with van der Waals surface area (Å²) in [5.74, 6) is -0.727. The van der Waals surface area contributed by atoms with E-state index in [1.165, 1.54) is 0 Å². The smallest absolute Gasteiger partial charge is 0.320 e. The molecule has 4 nitrogen and oxygen atoms in total. The Bertz CT molecular complexity index is 468. The van der Waals surface area contributed by atoms with E-state index < -0.39 is 5.97 Å². The average molecular weight is 392 g/mol. The molecular formula is C13H16Br2N2O2. The van der Waals surface area contributed by atoms with Gasteiger partial charge in [-0.2, -0.15) is 0 Å². The monoisotopic (exact) mass is 390 g/mol. The van der Waals surface area contributed by atoms with E-state index in [1.807, 2.05) is 11.0 Å². The van der Waals surface area contributed by atoms with Crippen LogP contribution in [0.1, 0.15) is 31.4 Å². The van der Waals surface area contributed by atoms with Crippen molar-refractivity contribution in [3.63, 3.8) is 0 Å². The van der Waals surface area contributed by atoms with Gasteiger partial charge in [-0.25, -0.2) is 0 Å². The van der Waals surface area contributed by atoms with Crippen molar-refractivity contribution in [2.45, 2.75) is 38.3 Å². The highest BCUT2D eigenvalue weighted by atomic mass is 79.9. The van der Waals surface area contributed by atoms with Gasteiger partial charge in [0.05, 0.1) is 5.69 Å². The summed E-state index contributed by atoms with van der Waals surface area (Å²) >= 11 is 6.85. The minimum Gasteiger partial charge on any atom is -0.480 e. The fraction of sp³-hybridized carbons (Fsp3) is 0.538. The molecule has 2 heterocycles. The summed E-state index contributed by atoms with van der Waals surface area (Å²) in [5, 5.41) is 9.34. The van der Waals surface area contributed by atoms with Crippen molar-refractivity contribution >= 4 is 37.8 Å². The zero-order chi connectivity index (χ0) is 13.8. The molecule has 0 bridgehead atoms. The van der Waals surface area contributed by atoms with Crippen LogP contribution in [0.25, 0.3) is 0 Å². The molecule has 1 aliphatic rings. The molecule has 1 aliphatic heterocycles. The number of nitrogens with zero attached hydrogens (tertiary/aromatic N) is 2. The van der Waals surface area contributed by atoms with Crippen LogP contribution in [0, 0.1) is 0 Å². The lowest BCUT2D eigenvalue weighted by Crippen LogP contribution is -2.40. The van der Waals surface area contributed by atoms with Crippen LogP contribution in [0.3, 0.4) is 0 Å². The summed E-state index contributed by atoms with van der Waals surface area (Å²) in [6.07, 6.45) is 5.62. The highest BCUT2D eigenvalue weighted by molar-refractivity contribution is 9.11. The number of rotatable bonds is 3. The van der Waals surface area contributed by atoms with E-state index in [4.69, 9.17) is 0 Å². The minimum atomic E-state index is -0.727. The van der Waals surface area contributed by atoms with E-state index in [0.717, 1.165) is 46.9 Å². The van der Waals surface area contributed by atoms with Crippen LogP contribution in [-0.4, -0.2) is 33.5 Å². The standard InChI is InChI=1S/C13H16Br2N2O2/c14-9-6-10(15)11(16-7-9)8-17-5-3-1-2-4-12(17)13(18)19/h6-7,12H,1-5,8H2,(H,18,19). The number of carboxylic acid groups (broad SMARTS) is 1. The van der Waals surface area contributed by atoms with Crippen LogP contribution < -0.4 is 0 Å². The van der Waals surface area contributed by atoms with Gasteiger partial charge in [-0.05, 0) is 57.3 Å². The first-order valence-electron chi connectivity index (χ1n) is 6.34. The molecule has 0 spiro atoms. The summed E-state index contributed by atoms with van der Waals surface area (Å²) in [6, 6.07) is 1.55. The number of carboxylic acids is 1. The van der Waals surface area contributed by atoms with E-state index in [0.29, 0.717) is 6.54 Å². The summed E-state index contributed by atoms with van der Waals surface area (Å²) in [5.41, 5.74) is 0.886. The molecule has 1 aromatic heterocycles. The summed E-state index contributed by atoms with van der Waals surface area (Å²) in [6.45, 7) is 1.39. The second-order valence-electron chi connectivity index (χ2n) is 4.76. The minimum absolute atomic E-state index is 0.389. The molecule has 1 unspecified atom stereocenters. The van der Waals surface area contributed by atoms with Crippen molar-refractivity contribution in [3.05, 3.63) is 26.9 Å². The highest BCUT2D eigenvalue weighted by Crippen LogP contribution is 2.24. The number of halogens is 2. The lowest BCUT2D eigenvalue weighted by Gasteiger charge is -2.26. The molecule has 0 saturated carbocycles. The van der Waals surface area contributed by atoms with E-state index in [9.17, 15) is 9.90 Å². The van der Waals surface area contributed by atoms with Crippen LogP contribution in [0.2, 0.25) is 0 Å². The first kappa shape index (κ1) is 14.9. The van der Waals surface area contributed by atoms with Crippen molar-refractivity contribution in [3.8, 4) is 0 Å². The first-order valence-corrected chi connectivity index (χ1v) is 7.93. The van der Waals surface area contributed by atoms with Crippen LogP contribution in [0.4, 0.5) is 0 Å². The molecule has 1 saturated heterocycles. The Morgan fingerprint density at radius 2 is 2.21 bits per heavy atom. The second kappa shape index (κ2) is 6.81. The van der Waals surface area contributed by atoms with E-state index >= 15 is 0 Å². The molecular weight excluding hydrogens is 376 g/mol. The maximum atomic E-state index is 11.4. The van der Waals surface area contributed by atoms with Gasteiger partial charge in [-0.15, -0.1) is 0 Å². The predicted octanol–water partition coefficient (Wildman–Crippen LogP) is 3.44. The fourth-order valence-corrected chi connectivity index (χ4v) is 3.50. The lowest BCUT2D eigenvalue weighted by molar-refractivity contribution is -0.143. The molecule has 1 N–H and O–H groups in total. The molecule has 0 aliphatic carbocycles. The third kappa shape index (κ3) is 4.00. The highest BCUT2D eigenvalue weighted by Gasteiger charge is 2.27. The Morgan fingerprint density at radius 3 is 2.89 bits per heavy atom. The fourth-order valence-electron chi connectivity index (χ4n) is 2.39. The van der Waals surface area contributed by atoms with Crippen molar-refractivity contribution < 1.29 is 9.90 Å². The molecule has 1 atom stereocenters. The quantitative estimate of drug-likeness (QED) is 0.857. The van der Waals surface area contributed by atoms with Crippen LogP contribution in [-0.2, 0) is 11.3 Å². The van der Waals surface area contributed by atoms with E-state index in [-0.39, 0.29) is 6.04 Å². The number of carbonyl (C=O) groups is 1. The Hall–Kier alpha value is -0.460. The van der Waals surface area contributed by atoms with Crippen molar-refractivity contribution in [1.82, 2.24) is 9.88 Å². The third-order valence-corrected chi connectivity index (χ3v) is 4.51. The first-order chi connectivity index (χ1) is 9.08. The van der Waals surface area contributed by atoms with Crippen molar-refractivity contribution in [1.29, 1.82) is 0 Å². The lowest BCUT2D eigenvalue weighted by atomic mass is 10.1. The van der Waals surface area contributed by atoms with Crippen molar-refractivity contribution in [2.24, 2.45) is 0 Å². The van der Waals surface area contributed by atoms with Gasteiger partial charge in [0.25, 0.3) is 0 Å². The topological polar surface area (TPSA) is 53.4 Å². The SMILES string of the molecule is O=C(O)C1CCCCCN1Cc1ncc(Br)cc1Br. The molecule has 6 heteroatoms. The van der Waals surface area contributed by atoms with Crippen molar-refractivity contribution in [2.75, 3.05) is 6.54 Å². The molecule has 104 valence electrons. The largest absolute Gasteiger partial charge is 0.480 e. The molecule has 0 aromatic carbocycles. The van der Waals surface area contributed by atoms with Gasteiger partial charge in [0.2, 0.25) is 0 Å². The third-order valence-electron chi connectivity index (χ3n) is 3.39.